The Morgan fingerprint density at radius 3 is 1.07 bits per heavy atom. The first-order valence-corrected chi connectivity index (χ1v) is 23.8. The summed E-state index contributed by atoms with van der Waals surface area (Å²) >= 11 is 0. The number of likely N-dealkylation sites (N-methyl/N-ethyl adjacent to an activating group) is 1. The zero-order valence-electron chi connectivity index (χ0n) is 41.1. The minimum absolute atomic E-state index is 0.0303. The SMILES string of the molecule is CN(CCOCCOCCOCCOCCOCCOCCOCCOCCOCCOCCOCCOCCOCCNC(=O)OCC1c2ccccc2-c2ccccc21)C(=O)OC(C)(C)C. The predicted molar refractivity (Wildman–Crippen MR) is 253 cm³/mol. The zero-order chi connectivity index (χ0) is 48.6. The highest BCUT2D eigenvalue weighted by Gasteiger charge is 2.29. The van der Waals surface area contributed by atoms with Crippen LogP contribution in [0, 0.1) is 0 Å². The molecular weight excluding hydrogens is 889 g/mol. The van der Waals surface area contributed by atoms with Gasteiger partial charge in [-0.2, -0.15) is 0 Å². The van der Waals surface area contributed by atoms with Gasteiger partial charge >= 0.3 is 12.2 Å². The highest BCUT2D eigenvalue weighted by Crippen LogP contribution is 2.44. The number of carbonyl (C=O) groups is 2. The summed E-state index contributed by atoms with van der Waals surface area (Å²) in [7, 11) is 1.68. The summed E-state index contributed by atoms with van der Waals surface area (Å²) in [5.41, 5.74) is 4.24. The molecule has 19 nitrogen and oxygen atoms in total. The summed E-state index contributed by atoms with van der Waals surface area (Å²) in [6, 6.07) is 16.5. The smallest absolute Gasteiger partial charge is 0.410 e. The van der Waals surface area contributed by atoms with Crippen LogP contribution in [0.25, 0.3) is 11.1 Å². The van der Waals surface area contributed by atoms with Gasteiger partial charge in [-0.25, -0.2) is 9.59 Å². The Balaban J connectivity index is 0.907. The second-order valence-corrected chi connectivity index (χ2v) is 16.1. The maximum absolute atomic E-state index is 12.3. The van der Waals surface area contributed by atoms with Crippen LogP contribution in [-0.2, 0) is 71.1 Å². The molecule has 68 heavy (non-hydrogen) atoms. The maximum Gasteiger partial charge on any atom is 0.410 e. The first kappa shape index (κ1) is 58.8. The van der Waals surface area contributed by atoms with Gasteiger partial charge in [0.2, 0.25) is 0 Å². The lowest BCUT2D eigenvalue weighted by Crippen LogP contribution is -2.36. The first-order chi connectivity index (χ1) is 33.3. The third-order valence-corrected chi connectivity index (χ3v) is 9.60. The van der Waals surface area contributed by atoms with Gasteiger partial charge in [-0.15, -0.1) is 0 Å². The van der Waals surface area contributed by atoms with Gasteiger partial charge < -0.3 is 81.3 Å². The van der Waals surface area contributed by atoms with Gasteiger partial charge in [-0.3, -0.25) is 0 Å². The average molecular weight is 969 g/mol. The van der Waals surface area contributed by atoms with Crippen molar-refractivity contribution in [1.29, 1.82) is 0 Å². The molecule has 0 radical (unpaired) electrons. The van der Waals surface area contributed by atoms with Crippen molar-refractivity contribution < 1.29 is 80.6 Å². The Kier molecular flexibility index (Phi) is 33.9. The van der Waals surface area contributed by atoms with Gasteiger partial charge in [0.25, 0.3) is 0 Å². The summed E-state index contributed by atoms with van der Waals surface area (Å²) in [5.74, 6) is 0.0303. The fourth-order valence-corrected chi connectivity index (χ4v) is 6.25. The van der Waals surface area contributed by atoms with Crippen LogP contribution in [0.3, 0.4) is 0 Å². The first-order valence-electron chi connectivity index (χ1n) is 23.8. The zero-order valence-corrected chi connectivity index (χ0v) is 41.1. The van der Waals surface area contributed by atoms with Crippen LogP contribution in [0.2, 0.25) is 0 Å². The normalized spacial score (nSPS) is 12.3. The van der Waals surface area contributed by atoms with Gasteiger partial charge in [0.05, 0.1) is 172 Å². The summed E-state index contributed by atoms with van der Waals surface area (Å²) in [6.45, 7) is 18.6. The van der Waals surface area contributed by atoms with E-state index in [1.54, 1.807) is 7.05 Å². The number of benzene rings is 2. The monoisotopic (exact) mass is 969 g/mol. The van der Waals surface area contributed by atoms with E-state index in [2.05, 4.69) is 29.6 Å². The predicted octanol–water partition coefficient (Wildman–Crippen LogP) is 4.61. The lowest BCUT2D eigenvalue weighted by molar-refractivity contribution is -0.0291. The Morgan fingerprint density at radius 2 is 0.750 bits per heavy atom. The maximum atomic E-state index is 12.3. The van der Waals surface area contributed by atoms with Gasteiger partial charge in [0.1, 0.15) is 12.2 Å². The highest BCUT2D eigenvalue weighted by molar-refractivity contribution is 5.79. The van der Waals surface area contributed by atoms with E-state index in [1.165, 1.54) is 27.2 Å². The topological polar surface area (TPSA) is 188 Å². The molecule has 1 N–H and O–H groups in total. The molecule has 2 aromatic rings. The third-order valence-electron chi connectivity index (χ3n) is 9.60. The minimum Gasteiger partial charge on any atom is -0.449 e. The summed E-state index contributed by atoms with van der Waals surface area (Å²) < 4.78 is 82.5. The van der Waals surface area contributed by atoms with Crippen LogP contribution in [0.1, 0.15) is 37.8 Å². The standard InChI is InChI=1S/C49H80N2O17/c1-49(2,3)68-48(53)51(4)14-16-55-18-20-57-22-24-59-26-28-61-30-32-63-34-36-65-38-40-66-39-37-64-35-33-62-31-29-60-27-25-58-23-21-56-19-17-54-15-13-50-47(52)67-41-46-44-11-7-5-9-42(44)43-10-6-8-12-45(43)46/h5-12,46H,13-41H2,1-4H3,(H,50,52). The number of nitrogens with one attached hydrogen (secondary N) is 1. The van der Waals surface area contributed by atoms with Crippen LogP contribution in [-0.4, -0.2) is 221 Å². The summed E-state index contributed by atoms with van der Waals surface area (Å²) in [5, 5.41) is 2.74. The van der Waals surface area contributed by atoms with Gasteiger partial charge in [0, 0.05) is 26.1 Å². The Labute approximate surface area is 403 Å². The number of hydrogen-bond acceptors (Lipinski definition) is 17. The Bertz CT molecular complexity index is 1510. The minimum atomic E-state index is -0.518. The molecule has 2 amide bonds. The second-order valence-electron chi connectivity index (χ2n) is 16.1. The van der Waals surface area contributed by atoms with E-state index in [-0.39, 0.29) is 18.6 Å². The number of rotatable bonds is 44. The van der Waals surface area contributed by atoms with Crippen LogP contribution in [0.15, 0.2) is 48.5 Å². The number of carbonyl (C=O) groups excluding carboxylic acids is 2. The largest absolute Gasteiger partial charge is 0.449 e. The molecule has 1 aliphatic rings. The molecule has 0 bridgehead atoms. The van der Waals surface area contributed by atoms with Gasteiger partial charge in [-0.05, 0) is 43.0 Å². The fraction of sp³-hybridized carbons (Fsp3) is 0.714. The molecule has 0 aromatic heterocycles. The number of amides is 2. The third kappa shape index (κ3) is 29.5. The van der Waals surface area contributed by atoms with E-state index < -0.39 is 11.7 Å². The molecule has 0 aliphatic heterocycles. The molecule has 0 fully saturated rings. The van der Waals surface area contributed by atoms with Crippen molar-refractivity contribution in [2.75, 3.05) is 199 Å². The lowest BCUT2D eigenvalue weighted by atomic mass is 9.98. The van der Waals surface area contributed by atoms with Crippen molar-refractivity contribution in [3.8, 4) is 11.1 Å². The molecule has 19 heteroatoms. The number of fused-ring (bicyclic) bond motifs is 3. The number of hydrogen-bond donors (Lipinski definition) is 1. The summed E-state index contributed by atoms with van der Waals surface area (Å²) in [6.07, 6.45) is -0.827. The number of nitrogens with zero attached hydrogens (tertiary/aromatic N) is 1. The van der Waals surface area contributed by atoms with Crippen molar-refractivity contribution in [2.45, 2.75) is 32.3 Å². The highest BCUT2D eigenvalue weighted by atomic mass is 16.6. The molecule has 0 heterocycles. The fourth-order valence-electron chi connectivity index (χ4n) is 6.25. The van der Waals surface area contributed by atoms with E-state index in [4.69, 9.17) is 71.1 Å². The molecule has 0 unspecified atom stereocenters. The molecule has 2 aromatic carbocycles. The molecule has 0 saturated carbocycles. The van der Waals surface area contributed by atoms with Crippen LogP contribution in [0.4, 0.5) is 9.59 Å². The van der Waals surface area contributed by atoms with Crippen molar-refractivity contribution in [1.82, 2.24) is 10.2 Å². The quantitative estimate of drug-likeness (QED) is 0.0907. The van der Waals surface area contributed by atoms with Crippen molar-refractivity contribution in [2.24, 2.45) is 0 Å². The van der Waals surface area contributed by atoms with Gasteiger partial charge in [0.15, 0.2) is 0 Å². The molecular formula is C49H80N2O17. The summed E-state index contributed by atoms with van der Waals surface area (Å²) in [4.78, 5) is 25.7. The molecule has 0 spiro atoms. The lowest BCUT2D eigenvalue weighted by Gasteiger charge is -2.24. The van der Waals surface area contributed by atoms with E-state index in [0.29, 0.717) is 185 Å². The average Bonchev–Trinajstić information content (AvgIpc) is 3.65. The molecule has 3 rings (SSSR count). The number of ether oxygens (including phenoxy) is 15. The Morgan fingerprint density at radius 1 is 0.456 bits per heavy atom. The Hall–Kier alpha value is -3.54. The molecule has 0 atom stereocenters. The number of alkyl carbamates (subject to hydrolysis) is 1. The molecule has 388 valence electrons. The molecule has 0 saturated heterocycles. The van der Waals surface area contributed by atoms with Crippen LogP contribution >= 0.6 is 0 Å². The van der Waals surface area contributed by atoms with Gasteiger partial charge in [-0.1, -0.05) is 48.5 Å². The van der Waals surface area contributed by atoms with E-state index in [0.717, 1.165) is 0 Å². The van der Waals surface area contributed by atoms with E-state index in [9.17, 15) is 9.59 Å². The second kappa shape index (κ2) is 39.2. The van der Waals surface area contributed by atoms with Crippen LogP contribution in [0.5, 0.6) is 0 Å². The van der Waals surface area contributed by atoms with Crippen molar-refractivity contribution in [3.05, 3.63) is 59.7 Å². The van der Waals surface area contributed by atoms with Crippen molar-refractivity contribution in [3.63, 3.8) is 0 Å². The molecule has 1 aliphatic carbocycles. The van der Waals surface area contributed by atoms with E-state index in [1.807, 2.05) is 45.0 Å². The van der Waals surface area contributed by atoms with E-state index >= 15 is 0 Å². The van der Waals surface area contributed by atoms with Crippen molar-refractivity contribution >= 4 is 12.2 Å². The van der Waals surface area contributed by atoms with Crippen LogP contribution < -0.4 is 5.32 Å².